The van der Waals surface area contributed by atoms with Crippen LogP contribution < -0.4 is 5.32 Å². The van der Waals surface area contributed by atoms with E-state index in [1.807, 2.05) is 0 Å². The standard InChI is InChI=1S/C14H19N3O4/c1-10-4-2-3-5-11(10)9-15-13-7-6-12(16(18)19)8-14(13)17(20)21/h6-8,10-11,15H,2-5,9H2,1H3. The van der Waals surface area contributed by atoms with Crippen molar-refractivity contribution >= 4 is 17.1 Å². The predicted octanol–water partition coefficient (Wildman–Crippen LogP) is 3.74. The van der Waals surface area contributed by atoms with Gasteiger partial charge in [0.05, 0.1) is 15.9 Å². The number of hydrogen-bond acceptors (Lipinski definition) is 5. The van der Waals surface area contributed by atoms with Gasteiger partial charge in [-0.25, -0.2) is 0 Å². The molecule has 0 spiro atoms. The van der Waals surface area contributed by atoms with Crippen molar-refractivity contribution < 1.29 is 9.85 Å². The SMILES string of the molecule is CC1CCCCC1CNc1ccc([N+](=O)[O-])cc1[N+](=O)[O-]. The molecule has 114 valence electrons. The van der Waals surface area contributed by atoms with E-state index in [2.05, 4.69) is 12.2 Å². The second-order valence-electron chi connectivity index (χ2n) is 5.62. The molecule has 0 aliphatic heterocycles. The lowest BCUT2D eigenvalue weighted by atomic mass is 9.80. The monoisotopic (exact) mass is 293 g/mol. The fraction of sp³-hybridized carbons (Fsp3) is 0.571. The molecule has 1 aliphatic carbocycles. The Morgan fingerprint density at radius 1 is 1.19 bits per heavy atom. The lowest BCUT2D eigenvalue weighted by Gasteiger charge is -2.29. The normalized spacial score (nSPS) is 21.8. The molecule has 0 amide bonds. The van der Waals surface area contributed by atoms with Crippen LogP contribution in [0.1, 0.15) is 32.6 Å². The zero-order chi connectivity index (χ0) is 15.4. The predicted molar refractivity (Wildman–Crippen MR) is 79.4 cm³/mol. The van der Waals surface area contributed by atoms with Crippen molar-refractivity contribution in [1.29, 1.82) is 0 Å². The van der Waals surface area contributed by atoms with Gasteiger partial charge >= 0.3 is 0 Å². The molecule has 2 rings (SSSR count). The molecule has 0 heterocycles. The number of non-ortho nitro benzene ring substituents is 1. The molecule has 1 fully saturated rings. The lowest BCUT2D eigenvalue weighted by molar-refractivity contribution is -0.393. The Morgan fingerprint density at radius 3 is 2.52 bits per heavy atom. The van der Waals surface area contributed by atoms with Crippen LogP contribution in [0.2, 0.25) is 0 Å². The summed E-state index contributed by atoms with van der Waals surface area (Å²) in [6, 6.07) is 3.72. The molecule has 0 saturated heterocycles. The number of anilines is 1. The van der Waals surface area contributed by atoms with E-state index in [0.717, 1.165) is 12.5 Å². The van der Waals surface area contributed by atoms with Crippen molar-refractivity contribution in [2.45, 2.75) is 32.6 Å². The first-order valence-corrected chi connectivity index (χ1v) is 7.15. The summed E-state index contributed by atoms with van der Waals surface area (Å²) in [5.74, 6) is 1.09. The van der Waals surface area contributed by atoms with Crippen molar-refractivity contribution in [3.63, 3.8) is 0 Å². The van der Waals surface area contributed by atoms with Crippen molar-refractivity contribution in [3.05, 3.63) is 38.4 Å². The maximum atomic E-state index is 11.1. The summed E-state index contributed by atoms with van der Waals surface area (Å²) < 4.78 is 0. The molecule has 1 saturated carbocycles. The van der Waals surface area contributed by atoms with Crippen molar-refractivity contribution in [2.24, 2.45) is 11.8 Å². The van der Waals surface area contributed by atoms with Gasteiger partial charge in [0.15, 0.2) is 0 Å². The van der Waals surface area contributed by atoms with Crippen LogP contribution >= 0.6 is 0 Å². The fourth-order valence-corrected chi connectivity index (χ4v) is 2.87. The number of benzene rings is 1. The Bertz CT molecular complexity index is 547. The van der Waals surface area contributed by atoms with Gasteiger partial charge in [-0.15, -0.1) is 0 Å². The molecule has 2 atom stereocenters. The van der Waals surface area contributed by atoms with Gasteiger partial charge in [-0.3, -0.25) is 20.2 Å². The van der Waals surface area contributed by atoms with Crippen LogP contribution in [0.5, 0.6) is 0 Å². The van der Waals surface area contributed by atoms with Crippen molar-refractivity contribution in [3.8, 4) is 0 Å². The second-order valence-corrected chi connectivity index (χ2v) is 5.62. The van der Waals surface area contributed by atoms with Gasteiger partial charge in [0.2, 0.25) is 0 Å². The largest absolute Gasteiger partial charge is 0.379 e. The highest BCUT2D eigenvalue weighted by Crippen LogP contribution is 2.32. The van der Waals surface area contributed by atoms with E-state index < -0.39 is 9.85 Å². The van der Waals surface area contributed by atoms with E-state index in [1.165, 1.54) is 31.4 Å². The summed E-state index contributed by atoms with van der Waals surface area (Å²) in [5, 5.41) is 24.8. The third-order valence-electron chi connectivity index (χ3n) is 4.23. The average molecular weight is 293 g/mol. The molecule has 1 aromatic carbocycles. The molecule has 2 unspecified atom stereocenters. The minimum Gasteiger partial charge on any atom is -0.379 e. The zero-order valence-electron chi connectivity index (χ0n) is 11.9. The molecule has 7 heteroatoms. The van der Waals surface area contributed by atoms with Crippen LogP contribution in [-0.2, 0) is 0 Å². The van der Waals surface area contributed by atoms with Crippen LogP contribution in [0.25, 0.3) is 0 Å². The number of nitrogens with zero attached hydrogens (tertiary/aromatic N) is 2. The average Bonchev–Trinajstić information content (AvgIpc) is 2.46. The van der Waals surface area contributed by atoms with E-state index in [4.69, 9.17) is 0 Å². The maximum Gasteiger partial charge on any atom is 0.299 e. The minimum atomic E-state index is -0.625. The van der Waals surface area contributed by atoms with Gasteiger partial charge in [-0.2, -0.15) is 0 Å². The molecular formula is C14H19N3O4. The molecular weight excluding hydrogens is 274 g/mol. The topological polar surface area (TPSA) is 98.3 Å². The molecule has 1 N–H and O–H groups in total. The highest BCUT2D eigenvalue weighted by molar-refractivity contribution is 5.65. The number of nitro groups is 2. The van der Waals surface area contributed by atoms with Gasteiger partial charge in [-0.1, -0.05) is 26.2 Å². The van der Waals surface area contributed by atoms with Crippen LogP contribution in [0.4, 0.5) is 17.1 Å². The van der Waals surface area contributed by atoms with Crippen LogP contribution in [-0.4, -0.2) is 16.4 Å². The molecule has 1 aromatic rings. The van der Waals surface area contributed by atoms with E-state index in [9.17, 15) is 20.2 Å². The smallest absolute Gasteiger partial charge is 0.299 e. The summed E-state index contributed by atoms with van der Waals surface area (Å²) in [5.41, 5.74) is -0.158. The van der Waals surface area contributed by atoms with Gasteiger partial charge in [0.25, 0.3) is 11.4 Å². The highest BCUT2D eigenvalue weighted by Gasteiger charge is 2.23. The number of hydrogen-bond donors (Lipinski definition) is 1. The molecule has 21 heavy (non-hydrogen) atoms. The summed E-state index contributed by atoms with van der Waals surface area (Å²) >= 11 is 0. The first-order chi connectivity index (χ1) is 9.99. The first-order valence-electron chi connectivity index (χ1n) is 7.15. The summed E-state index contributed by atoms with van der Waals surface area (Å²) in [4.78, 5) is 20.5. The Kier molecular flexibility index (Phi) is 4.72. The van der Waals surface area contributed by atoms with Crippen LogP contribution in [0, 0.1) is 32.1 Å². The van der Waals surface area contributed by atoms with Gasteiger partial charge < -0.3 is 5.32 Å². The Labute approximate surface area is 122 Å². The third-order valence-corrected chi connectivity index (χ3v) is 4.23. The van der Waals surface area contributed by atoms with Crippen molar-refractivity contribution in [1.82, 2.24) is 0 Å². The van der Waals surface area contributed by atoms with Crippen molar-refractivity contribution in [2.75, 3.05) is 11.9 Å². The second kappa shape index (κ2) is 6.51. The Hall–Kier alpha value is -2.18. The molecule has 7 nitrogen and oxygen atoms in total. The van der Waals surface area contributed by atoms with Crippen LogP contribution in [0.3, 0.4) is 0 Å². The fourth-order valence-electron chi connectivity index (χ4n) is 2.87. The maximum absolute atomic E-state index is 11.1. The van der Waals surface area contributed by atoms with E-state index in [0.29, 0.717) is 24.1 Å². The van der Waals surface area contributed by atoms with Gasteiger partial charge in [0.1, 0.15) is 5.69 Å². The quantitative estimate of drug-likeness (QED) is 0.658. The zero-order valence-corrected chi connectivity index (χ0v) is 11.9. The third kappa shape index (κ3) is 3.68. The van der Waals surface area contributed by atoms with E-state index in [1.54, 1.807) is 0 Å². The summed E-state index contributed by atoms with van der Waals surface area (Å²) in [6.07, 6.45) is 4.75. The Balaban J connectivity index is 2.11. The molecule has 1 aliphatic rings. The number of nitro benzene ring substituents is 2. The van der Waals surface area contributed by atoms with Crippen LogP contribution in [0.15, 0.2) is 18.2 Å². The Morgan fingerprint density at radius 2 is 1.90 bits per heavy atom. The first kappa shape index (κ1) is 15.2. The number of nitrogens with one attached hydrogen (secondary N) is 1. The highest BCUT2D eigenvalue weighted by atomic mass is 16.6. The number of rotatable bonds is 5. The van der Waals surface area contributed by atoms with E-state index in [-0.39, 0.29) is 11.4 Å². The summed E-state index contributed by atoms with van der Waals surface area (Å²) in [6.45, 7) is 2.87. The van der Waals surface area contributed by atoms with E-state index >= 15 is 0 Å². The molecule has 0 aromatic heterocycles. The lowest BCUT2D eigenvalue weighted by Crippen LogP contribution is -2.24. The van der Waals surface area contributed by atoms with Gasteiger partial charge in [0, 0.05) is 12.6 Å². The summed E-state index contributed by atoms with van der Waals surface area (Å²) in [7, 11) is 0. The molecule has 0 radical (unpaired) electrons. The van der Waals surface area contributed by atoms with Gasteiger partial charge in [-0.05, 0) is 24.3 Å². The minimum absolute atomic E-state index is 0.243. The molecule has 0 bridgehead atoms.